The summed E-state index contributed by atoms with van der Waals surface area (Å²) >= 11 is 2.30. The summed E-state index contributed by atoms with van der Waals surface area (Å²) in [6, 6.07) is 8.25. The second-order valence-corrected chi connectivity index (χ2v) is 5.77. The number of aryl methyl sites for hydroxylation is 1. The van der Waals surface area contributed by atoms with Crippen molar-refractivity contribution in [3.63, 3.8) is 0 Å². The molecule has 0 saturated heterocycles. The Kier molecular flexibility index (Phi) is 4.15. The summed E-state index contributed by atoms with van der Waals surface area (Å²) in [4.78, 5) is 4.35. The van der Waals surface area contributed by atoms with E-state index in [2.05, 4.69) is 58.7 Å². The lowest BCUT2D eigenvalue weighted by Gasteiger charge is -2.03. The molecule has 0 amide bonds. The fourth-order valence-corrected chi connectivity index (χ4v) is 2.10. The van der Waals surface area contributed by atoms with Crippen LogP contribution in [-0.2, 0) is 6.54 Å². The predicted molar refractivity (Wildman–Crippen MR) is 77.6 cm³/mol. The first kappa shape index (κ1) is 12.5. The molecular formula is C13H16IN3. The maximum atomic E-state index is 4.50. The van der Waals surface area contributed by atoms with E-state index in [-0.39, 0.29) is 0 Å². The molecule has 0 aliphatic heterocycles. The molecule has 0 aliphatic rings. The first-order valence-electron chi connectivity index (χ1n) is 5.80. The van der Waals surface area contributed by atoms with E-state index in [0.717, 1.165) is 24.4 Å². The van der Waals surface area contributed by atoms with Crippen LogP contribution in [0, 0.1) is 9.49 Å². The number of nitrogens with zero attached hydrogens (tertiary/aromatic N) is 3. The predicted octanol–water partition coefficient (Wildman–Crippen LogP) is 3.60. The van der Waals surface area contributed by atoms with Crippen LogP contribution in [0.15, 0.2) is 30.6 Å². The highest BCUT2D eigenvalue weighted by Gasteiger charge is 2.04. The summed E-state index contributed by atoms with van der Waals surface area (Å²) in [5.41, 5.74) is 1.08. The van der Waals surface area contributed by atoms with Crippen molar-refractivity contribution in [3.8, 4) is 11.4 Å². The monoisotopic (exact) mass is 341 g/mol. The smallest absolute Gasteiger partial charge is 0.181 e. The Morgan fingerprint density at radius 2 is 2.18 bits per heavy atom. The van der Waals surface area contributed by atoms with Gasteiger partial charge in [-0.15, -0.1) is 0 Å². The van der Waals surface area contributed by atoms with E-state index in [1.165, 1.54) is 3.57 Å². The number of halogens is 1. The Morgan fingerprint density at radius 3 is 2.88 bits per heavy atom. The quantitative estimate of drug-likeness (QED) is 0.796. The minimum Gasteiger partial charge on any atom is -0.252 e. The molecule has 1 aromatic carbocycles. The SMILES string of the molecule is CC(C)CCn1cnc(-c2cccc(I)c2)n1. The first-order chi connectivity index (χ1) is 8.15. The van der Waals surface area contributed by atoms with Crippen molar-refractivity contribution in [3.05, 3.63) is 34.2 Å². The van der Waals surface area contributed by atoms with Crippen molar-refractivity contribution in [2.75, 3.05) is 0 Å². The van der Waals surface area contributed by atoms with Gasteiger partial charge < -0.3 is 0 Å². The topological polar surface area (TPSA) is 30.7 Å². The van der Waals surface area contributed by atoms with Crippen LogP contribution in [0.2, 0.25) is 0 Å². The largest absolute Gasteiger partial charge is 0.252 e. The van der Waals surface area contributed by atoms with Crippen molar-refractivity contribution < 1.29 is 0 Å². The summed E-state index contributed by atoms with van der Waals surface area (Å²) < 4.78 is 3.13. The molecule has 1 aromatic heterocycles. The Balaban J connectivity index is 2.12. The molecule has 2 aromatic rings. The second-order valence-electron chi connectivity index (χ2n) is 4.52. The summed E-state index contributed by atoms with van der Waals surface area (Å²) in [5.74, 6) is 1.51. The van der Waals surface area contributed by atoms with Crippen LogP contribution in [-0.4, -0.2) is 14.8 Å². The standard InChI is InChI=1S/C13H16IN3/c1-10(2)6-7-17-9-15-13(16-17)11-4-3-5-12(14)8-11/h3-5,8-10H,6-7H2,1-2H3. The van der Waals surface area contributed by atoms with Crippen molar-refractivity contribution in [2.45, 2.75) is 26.8 Å². The zero-order chi connectivity index (χ0) is 12.3. The Labute approximate surface area is 115 Å². The number of rotatable bonds is 4. The van der Waals surface area contributed by atoms with Gasteiger partial charge in [-0.1, -0.05) is 26.0 Å². The summed E-state index contributed by atoms with van der Waals surface area (Å²) in [7, 11) is 0. The highest BCUT2D eigenvalue weighted by atomic mass is 127. The molecule has 2 rings (SSSR count). The Hall–Kier alpha value is -0.910. The van der Waals surface area contributed by atoms with Crippen LogP contribution in [0.5, 0.6) is 0 Å². The third kappa shape index (κ3) is 3.52. The average molecular weight is 341 g/mol. The van der Waals surface area contributed by atoms with E-state index in [0.29, 0.717) is 5.92 Å². The zero-order valence-corrected chi connectivity index (χ0v) is 12.3. The van der Waals surface area contributed by atoms with Crippen LogP contribution in [0.4, 0.5) is 0 Å². The highest BCUT2D eigenvalue weighted by Crippen LogP contribution is 2.17. The normalized spacial score (nSPS) is 11.1. The van der Waals surface area contributed by atoms with Gasteiger partial charge in [0.25, 0.3) is 0 Å². The first-order valence-corrected chi connectivity index (χ1v) is 6.88. The third-order valence-electron chi connectivity index (χ3n) is 2.55. The van der Waals surface area contributed by atoms with Gasteiger partial charge in [0.05, 0.1) is 0 Å². The van der Waals surface area contributed by atoms with Gasteiger partial charge in [0.1, 0.15) is 6.33 Å². The maximum Gasteiger partial charge on any atom is 0.181 e. The lowest BCUT2D eigenvalue weighted by atomic mass is 10.1. The second kappa shape index (κ2) is 5.62. The van der Waals surface area contributed by atoms with Gasteiger partial charge in [-0.3, -0.25) is 4.68 Å². The fraction of sp³-hybridized carbons (Fsp3) is 0.385. The molecule has 90 valence electrons. The molecule has 0 radical (unpaired) electrons. The molecule has 1 heterocycles. The molecule has 17 heavy (non-hydrogen) atoms. The van der Waals surface area contributed by atoms with Crippen molar-refractivity contribution in [1.82, 2.24) is 14.8 Å². The van der Waals surface area contributed by atoms with Crippen molar-refractivity contribution in [2.24, 2.45) is 5.92 Å². The van der Waals surface area contributed by atoms with E-state index < -0.39 is 0 Å². The number of benzene rings is 1. The van der Waals surface area contributed by atoms with Gasteiger partial charge in [0.15, 0.2) is 5.82 Å². The minimum atomic E-state index is 0.695. The summed E-state index contributed by atoms with van der Waals surface area (Å²) in [6.07, 6.45) is 2.95. The van der Waals surface area contributed by atoms with Crippen molar-refractivity contribution >= 4 is 22.6 Å². The molecule has 0 bridgehead atoms. The molecule has 3 nitrogen and oxygen atoms in total. The van der Waals surface area contributed by atoms with Gasteiger partial charge in [-0.25, -0.2) is 4.98 Å². The lowest BCUT2D eigenvalue weighted by Crippen LogP contribution is -2.02. The van der Waals surface area contributed by atoms with Crippen LogP contribution in [0.25, 0.3) is 11.4 Å². The van der Waals surface area contributed by atoms with Gasteiger partial charge >= 0.3 is 0 Å². The molecule has 0 spiro atoms. The van der Waals surface area contributed by atoms with E-state index in [4.69, 9.17) is 0 Å². The molecule has 0 unspecified atom stereocenters. The molecule has 0 aliphatic carbocycles. The third-order valence-corrected chi connectivity index (χ3v) is 3.23. The zero-order valence-electron chi connectivity index (χ0n) is 10.1. The fourth-order valence-electron chi connectivity index (χ4n) is 1.55. The van der Waals surface area contributed by atoms with Gasteiger partial charge in [0.2, 0.25) is 0 Å². The van der Waals surface area contributed by atoms with E-state index in [9.17, 15) is 0 Å². The molecular weight excluding hydrogens is 325 g/mol. The van der Waals surface area contributed by atoms with Crippen LogP contribution in [0.1, 0.15) is 20.3 Å². The average Bonchev–Trinajstić information content (AvgIpc) is 2.75. The molecule has 0 fully saturated rings. The highest BCUT2D eigenvalue weighted by molar-refractivity contribution is 14.1. The van der Waals surface area contributed by atoms with E-state index >= 15 is 0 Å². The van der Waals surface area contributed by atoms with Crippen LogP contribution < -0.4 is 0 Å². The van der Waals surface area contributed by atoms with Gasteiger partial charge in [0, 0.05) is 15.7 Å². The van der Waals surface area contributed by atoms with Gasteiger partial charge in [-0.05, 0) is 47.1 Å². The molecule has 4 heteroatoms. The van der Waals surface area contributed by atoms with Crippen LogP contribution >= 0.6 is 22.6 Å². The minimum absolute atomic E-state index is 0.695. The number of hydrogen-bond acceptors (Lipinski definition) is 2. The Bertz CT molecular complexity index is 491. The van der Waals surface area contributed by atoms with Crippen LogP contribution in [0.3, 0.4) is 0 Å². The Morgan fingerprint density at radius 1 is 1.35 bits per heavy atom. The summed E-state index contributed by atoms with van der Waals surface area (Å²) in [5, 5.41) is 4.50. The summed E-state index contributed by atoms with van der Waals surface area (Å²) in [6.45, 7) is 5.38. The van der Waals surface area contributed by atoms with Gasteiger partial charge in [-0.2, -0.15) is 5.10 Å². The lowest BCUT2D eigenvalue weighted by molar-refractivity contribution is 0.487. The maximum absolute atomic E-state index is 4.50. The molecule has 0 atom stereocenters. The van der Waals surface area contributed by atoms with E-state index in [1.807, 2.05) is 23.1 Å². The van der Waals surface area contributed by atoms with E-state index in [1.54, 1.807) is 0 Å². The molecule has 0 saturated carbocycles. The number of aromatic nitrogens is 3. The number of hydrogen-bond donors (Lipinski definition) is 0. The molecule has 0 N–H and O–H groups in total. The van der Waals surface area contributed by atoms with Crippen molar-refractivity contribution in [1.29, 1.82) is 0 Å².